The SMILES string of the molecule is CN1CCC(CO)CCC1=O. The Bertz CT molecular complexity index is 147. The van der Waals surface area contributed by atoms with Gasteiger partial charge in [-0.3, -0.25) is 4.79 Å². The first kappa shape index (κ1) is 8.53. The Labute approximate surface area is 67.0 Å². The lowest BCUT2D eigenvalue weighted by atomic mass is 10.0. The summed E-state index contributed by atoms with van der Waals surface area (Å²) < 4.78 is 0. The van der Waals surface area contributed by atoms with E-state index in [9.17, 15) is 4.79 Å². The van der Waals surface area contributed by atoms with Crippen molar-refractivity contribution in [3.63, 3.8) is 0 Å². The van der Waals surface area contributed by atoms with Gasteiger partial charge >= 0.3 is 0 Å². The minimum absolute atomic E-state index is 0.209. The van der Waals surface area contributed by atoms with E-state index in [1.807, 2.05) is 7.05 Å². The summed E-state index contributed by atoms with van der Waals surface area (Å²) in [5.41, 5.74) is 0. The molecule has 1 heterocycles. The molecule has 3 heteroatoms. The van der Waals surface area contributed by atoms with Gasteiger partial charge < -0.3 is 10.0 Å². The number of aliphatic hydroxyl groups excluding tert-OH is 1. The Morgan fingerprint density at radius 2 is 2.36 bits per heavy atom. The van der Waals surface area contributed by atoms with E-state index >= 15 is 0 Å². The molecule has 0 bridgehead atoms. The monoisotopic (exact) mass is 157 g/mol. The van der Waals surface area contributed by atoms with Gasteiger partial charge in [-0.25, -0.2) is 0 Å². The summed E-state index contributed by atoms with van der Waals surface area (Å²) in [6.07, 6.45) is 2.39. The van der Waals surface area contributed by atoms with Gasteiger partial charge in [-0.05, 0) is 18.8 Å². The number of hydrogen-bond acceptors (Lipinski definition) is 2. The molecule has 0 radical (unpaired) electrons. The lowest BCUT2D eigenvalue weighted by Gasteiger charge is -2.13. The van der Waals surface area contributed by atoms with Crippen molar-refractivity contribution < 1.29 is 9.90 Å². The van der Waals surface area contributed by atoms with Gasteiger partial charge in [-0.2, -0.15) is 0 Å². The summed E-state index contributed by atoms with van der Waals surface area (Å²) in [5.74, 6) is 0.546. The van der Waals surface area contributed by atoms with E-state index in [2.05, 4.69) is 0 Å². The smallest absolute Gasteiger partial charge is 0.222 e. The highest BCUT2D eigenvalue weighted by Crippen LogP contribution is 2.16. The van der Waals surface area contributed by atoms with Crippen LogP contribution in [0.2, 0.25) is 0 Å². The highest BCUT2D eigenvalue weighted by Gasteiger charge is 2.18. The average Bonchev–Trinajstić information content (AvgIpc) is 2.16. The topological polar surface area (TPSA) is 40.5 Å². The van der Waals surface area contributed by atoms with Crippen LogP contribution in [0.25, 0.3) is 0 Å². The van der Waals surface area contributed by atoms with Crippen molar-refractivity contribution in [1.29, 1.82) is 0 Å². The molecule has 1 unspecified atom stereocenters. The molecule has 0 spiro atoms. The molecule has 0 aromatic heterocycles. The van der Waals surface area contributed by atoms with E-state index in [-0.39, 0.29) is 12.5 Å². The summed E-state index contributed by atoms with van der Waals surface area (Å²) in [7, 11) is 1.82. The summed E-state index contributed by atoms with van der Waals surface area (Å²) in [6, 6.07) is 0. The Balaban J connectivity index is 2.44. The lowest BCUT2D eigenvalue weighted by molar-refractivity contribution is -0.129. The van der Waals surface area contributed by atoms with Crippen molar-refractivity contribution >= 4 is 5.91 Å². The third kappa shape index (κ3) is 2.19. The van der Waals surface area contributed by atoms with Crippen LogP contribution in [0.4, 0.5) is 0 Å². The molecule has 1 aliphatic rings. The predicted octanol–water partition coefficient (Wildman–Crippen LogP) is 0.237. The third-order valence-electron chi connectivity index (χ3n) is 2.32. The molecule has 0 aromatic carbocycles. The number of amides is 1. The first-order valence-electron chi connectivity index (χ1n) is 4.09. The zero-order valence-electron chi connectivity index (χ0n) is 6.92. The van der Waals surface area contributed by atoms with Crippen LogP contribution in [0.3, 0.4) is 0 Å². The molecular formula is C8H15NO2. The second-order valence-corrected chi connectivity index (χ2v) is 3.19. The van der Waals surface area contributed by atoms with Gasteiger partial charge in [0.2, 0.25) is 5.91 Å². The largest absolute Gasteiger partial charge is 0.396 e. The molecule has 11 heavy (non-hydrogen) atoms. The second kappa shape index (κ2) is 3.72. The number of rotatable bonds is 1. The fraction of sp³-hybridized carbons (Fsp3) is 0.875. The van der Waals surface area contributed by atoms with Crippen LogP contribution in [0, 0.1) is 5.92 Å². The van der Waals surface area contributed by atoms with E-state index in [0.29, 0.717) is 12.3 Å². The van der Waals surface area contributed by atoms with Gasteiger partial charge in [-0.1, -0.05) is 0 Å². The van der Waals surface area contributed by atoms with Crippen LogP contribution in [0.5, 0.6) is 0 Å². The standard InChI is InChI=1S/C8H15NO2/c1-9-5-4-7(6-10)2-3-8(9)11/h7,10H,2-6H2,1H3. The Kier molecular flexibility index (Phi) is 2.88. The maximum absolute atomic E-state index is 11.1. The first-order chi connectivity index (χ1) is 5.24. The quantitative estimate of drug-likeness (QED) is 0.592. The Morgan fingerprint density at radius 1 is 1.64 bits per heavy atom. The van der Waals surface area contributed by atoms with Gasteiger partial charge in [0.15, 0.2) is 0 Å². The normalized spacial score (nSPS) is 26.9. The minimum atomic E-state index is 0.209. The summed E-state index contributed by atoms with van der Waals surface area (Å²) >= 11 is 0. The molecule has 1 amide bonds. The molecule has 1 atom stereocenters. The fourth-order valence-corrected chi connectivity index (χ4v) is 1.35. The predicted molar refractivity (Wildman–Crippen MR) is 42.1 cm³/mol. The second-order valence-electron chi connectivity index (χ2n) is 3.19. The van der Waals surface area contributed by atoms with E-state index in [0.717, 1.165) is 19.4 Å². The third-order valence-corrected chi connectivity index (χ3v) is 2.32. The maximum atomic E-state index is 11.1. The van der Waals surface area contributed by atoms with Gasteiger partial charge in [0.05, 0.1) is 0 Å². The highest BCUT2D eigenvalue weighted by molar-refractivity contribution is 5.76. The number of aliphatic hydroxyl groups is 1. The van der Waals surface area contributed by atoms with Crippen LogP contribution in [-0.4, -0.2) is 36.1 Å². The lowest BCUT2D eigenvalue weighted by Crippen LogP contribution is -2.25. The van der Waals surface area contributed by atoms with Gasteiger partial charge in [0.1, 0.15) is 0 Å². The summed E-state index contributed by atoms with van der Waals surface area (Å²) in [5, 5.41) is 8.86. The van der Waals surface area contributed by atoms with Gasteiger partial charge in [0.25, 0.3) is 0 Å². The molecular weight excluding hydrogens is 142 g/mol. The van der Waals surface area contributed by atoms with Gasteiger partial charge in [-0.15, -0.1) is 0 Å². The Hall–Kier alpha value is -0.570. The zero-order valence-corrected chi connectivity index (χ0v) is 6.92. The van der Waals surface area contributed by atoms with E-state index in [4.69, 9.17) is 5.11 Å². The molecule has 1 fully saturated rings. The average molecular weight is 157 g/mol. The highest BCUT2D eigenvalue weighted by atomic mass is 16.3. The maximum Gasteiger partial charge on any atom is 0.222 e. The number of likely N-dealkylation sites (tertiary alicyclic amines) is 1. The van der Waals surface area contributed by atoms with Crippen molar-refractivity contribution in [3.05, 3.63) is 0 Å². The van der Waals surface area contributed by atoms with Crippen LogP contribution in [-0.2, 0) is 4.79 Å². The van der Waals surface area contributed by atoms with Crippen molar-refractivity contribution in [2.45, 2.75) is 19.3 Å². The number of nitrogens with zero attached hydrogens (tertiary/aromatic N) is 1. The number of carbonyl (C=O) groups excluding carboxylic acids is 1. The molecule has 1 N–H and O–H groups in total. The van der Waals surface area contributed by atoms with Crippen molar-refractivity contribution in [1.82, 2.24) is 4.90 Å². The first-order valence-corrected chi connectivity index (χ1v) is 4.09. The van der Waals surface area contributed by atoms with Crippen molar-refractivity contribution in [2.75, 3.05) is 20.2 Å². The molecule has 64 valence electrons. The molecule has 0 aromatic rings. The molecule has 0 aliphatic carbocycles. The molecule has 3 nitrogen and oxygen atoms in total. The minimum Gasteiger partial charge on any atom is -0.396 e. The van der Waals surface area contributed by atoms with Crippen molar-refractivity contribution in [2.24, 2.45) is 5.92 Å². The fourth-order valence-electron chi connectivity index (χ4n) is 1.35. The van der Waals surface area contributed by atoms with E-state index in [1.54, 1.807) is 4.90 Å². The van der Waals surface area contributed by atoms with Crippen LogP contribution >= 0.6 is 0 Å². The van der Waals surface area contributed by atoms with E-state index < -0.39 is 0 Å². The van der Waals surface area contributed by atoms with Crippen molar-refractivity contribution in [3.8, 4) is 0 Å². The summed E-state index contributed by atoms with van der Waals surface area (Å²) in [4.78, 5) is 12.9. The van der Waals surface area contributed by atoms with E-state index in [1.165, 1.54) is 0 Å². The molecule has 0 saturated carbocycles. The van der Waals surface area contributed by atoms with Gasteiger partial charge in [0, 0.05) is 26.6 Å². The molecule has 1 saturated heterocycles. The number of carbonyl (C=O) groups is 1. The summed E-state index contributed by atoms with van der Waals surface area (Å²) in [6.45, 7) is 1.02. The Morgan fingerprint density at radius 3 is 3.00 bits per heavy atom. The molecule has 1 aliphatic heterocycles. The van der Waals surface area contributed by atoms with Crippen LogP contribution in [0.1, 0.15) is 19.3 Å². The molecule has 1 rings (SSSR count). The van der Waals surface area contributed by atoms with Crippen LogP contribution < -0.4 is 0 Å². The number of hydrogen-bond donors (Lipinski definition) is 1. The zero-order chi connectivity index (χ0) is 8.27. The van der Waals surface area contributed by atoms with Crippen LogP contribution in [0.15, 0.2) is 0 Å².